The molecule has 2 aromatic rings. The fourth-order valence-electron chi connectivity index (χ4n) is 1.55. The second-order valence-electron chi connectivity index (χ2n) is 3.94. The van der Waals surface area contributed by atoms with Crippen molar-refractivity contribution in [1.82, 2.24) is 9.97 Å². The number of imidazole rings is 1. The fraction of sp³-hybridized carbons (Fsp3) is 0.182. The van der Waals surface area contributed by atoms with Crippen molar-refractivity contribution in [1.29, 1.82) is 0 Å². The van der Waals surface area contributed by atoms with Crippen LogP contribution < -0.4 is 0 Å². The molecule has 0 spiro atoms. The first-order valence-corrected chi connectivity index (χ1v) is 6.37. The van der Waals surface area contributed by atoms with Crippen LogP contribution in [0.5, 0.6) is 0 Å². The van der Waals surface area contributed by atoms with E-state index in [9.17, 15) is 26.3 Å². The number of rotatable bonds is 1. The number of halogens is 8. The second-order valence-corrected chi connectivity index (χ2v) is 5.10. The number of nitrogens with one attached hydrogen (secondary N) is 1. The summed E-state index contributed by atoms with van der Waals surface area (Å²) in [4.78, 5) is 5.56. The number of hydrogen-bond donors (Lipinski definition) is 1. The van der Waals surface area contributed by atoms with Crippen molar-refractivity contribution in [3.8, 4) is 11.4 Å². The van der Waals surface area contributed by atoms with Gasteiger partial charge in [0, 0.05) is 5.56 Å². The third-order valence-corrected chi connectivity index (χ3v) is 3.38. The number of alkyl halides is 6. The zero-order valence-corrected chi connectivity index (χ0v) is 12.0. The third kappa shape index (κ3) is 3.34. The highest BCUT2D eigenvalue weighted by atomic mass is 79.9. The molecule has 0 fully saturated rings. The lowest BCUT2D eigenvalue weighted by Crippen LogP contribution is -2.06. The topological polar surface area (TPSA) is 28.7 Å². The van der Waals surface area contributed by atoms with Gasteiger partial charge in [0.25, 0.3) is 0 Å². The summed E-state index contributed by atoms with van der Waals surface area (Å²) in [6, 6.07) is 2.29. The molecule has 1 N–H and O–H groups in total. The maximum absolute atomic E-state index is 12.6. The summed E-state index contributed by atoms with van der Waals surface area (Å²) in [6.07, 6.45) is -9.27. The molecule has 2 nitrogen and oxygen atoms in total. The van der Waals surface area contributed by atoms with Crippen molar-refractivity contribution < 1.29 is 26.3 Å². The normalized spacial score (nSPS) is 12.8. The van der Waals surface area contributed by atoms with Crippen LogP contribution in [0.1, 0.15) is 11.3 Å². The van der Waals surface area contributed by atoms with Crippen LogP contribution in [0.4, 0.5) is 26.3 Å². The molecule has 2 rings (SSSR count). The molecule has 0 aliphatic rings. The molecule has 10 heteroatoms. The zero-order chi connectivity index (χ0) is 16.0. The van der Waals surface area contributed by atoms with Crippen LogP contribution in [0, 0.1) is 0 Å². The average molecular weight is 394 g/mol. The van der Waals surface area contributed by atoms with Crippen molar-refractivity contribution in [3.05, 3.63) is 39.1 Å². The lowest BCUT2D eigenvalue weighted by Gasteiger charge is -2.08. The first kappa shape index (κ1) is 16.2. The number of aromatic amines is 1. The first-order valence-electron chi connectivity index (χ1n) is 5.20. The van der Waals surface area contributed by atoms with Crippen molar-refractivity contribution in [2.45, 2.75) is 12.4 Å². The van der Waals surface area contributed by atoms with Crippen molar-refractivity contribution in [3.63, 3.8) is 0 Å². The van der Waals surface area contributed by atoms with Gasteiger partial charge in [-0.05, 0) is 34.1 Å². The van der Waals surface area contributed by atoms with E-state index in [0.29, 0.717) is 12.1 Å². The van der Waals surface area contributed by atoms with Gasteiger partial charge >= 0.3 is 12.4 Å². The lowest BCUT2D eigenvalue weighted by atomic mass is 10.1. The maximum atomic E-state index is 12.6. The molecule has 0 aliphatic heterocycles. The van der Waals surface area contributed by atoms with Gasteiger partial charge in [0.05, 0.1) is 10.6 Å². The van der Waals surface area contributed by atoms with Crippen LogP contribution in [-0.4, -0.2) is 9.97 Å². The van der Waals surface area contributed by atoms with Crippen LogP contribution in [0.15, 0.2) is 22.8 Å². The molecule has 21 heavy (non-hydrogen) atoms. The Morgan fingerprint density at radius 3 is 2.10 bits per heavy atom. The summed E-state index contributed by atoms with van der Waals surface area (Å²) in [7, 11) is 0. The minimum atomic E-state index is -4.68. The number of aromatic nitrogens is 2. The summed E-state index contributed by atoms with van der Waals surface area (Å²) in [5.74, 6) is -0.284. The van der Waals surface area contributed by atoms with E-state index in [1.807, 2.05) is 4.98 Å². The summed E-state index contributed by atoms with van der Waals surface area (Å²) < 4.78 is 74.8. The van der Waals surface area contributed by atoms with Gasteiger partial charge in [-0.3, -0.25) is 0 Å². The minimum absolute atomic E-state index is 0.0686. The smallest absolute Gasteiger partial charge is 0.333 e. The molecule has 0 unspecified atom stereocenters. The van der Waals surface area contributed by atoms with Gasteiger partial charge in [0.1, 0.15) is 10.4 Å². The third-order valence-electron chi connectivity index (χ3n) is 2.49. The standard InChI is InChI=1S/C11H4BrClF6N2/c12-8-7(11(17,18)19)20-9(21-8)5-2-1-4(3-6(5)13)10(14,15)16/h1-3H,(H,20,21). The van der Waals surface area contributed by atoms with E-state index in [1.165, 1.54) is 0 Å². The Morgan fingerprint density at radius 1 is 1.05 bits per heavy atom. The molecule has 0 saturated heterocycles. The minimum Gasteiger partial charge on any atom is -0.333 e. The maximum Gasteiger partial charge on any atom is 0.433 e. The summed E-state index contributed by atoms with van der Waals surface area (Å²) in [5, 5.41) is -0.361. The van der Waals surface area contributed by atoms with Gasteiger partial charge < -0.3 is 4.98 Å². The van der Waals surface area contributed by atoms with Crippen LogP contribution in [0.3, 0.4) is 0 Å². The quantitative estimate of drug-likeness (QED) is 0.634. The SMILES string of the molecule is FC(F)(F)c1ccc(-c2nc(Br)c(C(F)(F)F)[nH]2)c(Cl)c1. The van der Waals surface area contributed by atoms with Gasteiger partial charge in [-0.25, -0.2) is 4.98 Å². The monoisotopic (exact) mass is 392 g/mol. The fourth-order valence-corrected chi connectivity index (χ4v) is 2.32. The van der Waals surface area contributed by atoms with Crippen LogP contribution in [-0.2, 0) is 12.4 Å². The summed E-state index contributed by atoms with van der Waals surface area (Å²) in [5.41, 5.74) is -2.22. The van der Waals surface area contributed by atoms with Gasteiger partial charge in [-0.1, -0.05) is 11.6 Å². The van der Waals surface area contributed by atoms with E-state index in [0.717, 1.165) is 6.07 Å². The molecule has 1 aromatic heterocycles. The van der Waals surface area contributed by atoms with Crippen molar-refractivity contribution in [2.75, 3.05) is 0 Å². The van der Waals surface area contributed by atoms with Crippen LogP contribution in [0.2, 0.25) is 5.02 Å². The Bertz CT molecular complexity index is 676. The molecule has 1 aromatic carbocycles. The van der Waals surface area contributed by atoms with E-state index in [1.54, 1.807) is 0 Å². The predicted octanol–water partition coefficient (Wildman–Crippen LogP) is 5.53. The Hall–Kier alpha value is -1.22. The van der Waals surface area contributed by atoms with Gasteiger partial charge in [0.2, 0.25) is 0 Å². The van der Waals surface area contributed by atoms with Gasteiger partial charge in [-0.2, -0.15) is 26.3 Å². The van der Waals surface area contributed by atoms with Crippen molar-refractivity contribution >= 4 is 27.5 Å². The van der Waals surface area contributed by atoms with Gasteiger partial charge in [-0.15, -0.1) is 0 Å². The molecule has 0 amide bonds. The Morgan fingerprint density at radius 2 is 1.67 bits per heavy atom. The molecule has 0 radical (unpaired) electrons. The molecular formula is C11H4BrClF6N2. The average Bonchev–Trinajstić information content (AvgIpc) is 2.69. The van der Waals surface area contributed by atoms with E-state index >= 15 is 0 Å². The number of nitrogens with zero attached hydrogens (tertiary/aromatic N) is 1. The zero-order valence-electron chi connectivity index (χ0n) is 9.70. The Balaban J connectivity index is 2.49. The number of benzene rings is 1. The highest BCUT2D eigenvalue weighted by Gasteiger charge is 2.37. The predicted molar refractivity (Wildman–Crippen MR) is 66.7 cm³/mol. The Kier molecular flexibility index (Phi) is 4.00. The molecule has 1 heterocycles. The molecule has 0 saturated carbocycles. The van der Waals surface area contributed by atoms with Crippen molar-refractivity contribution in [2.24, 2.45) is 0 Å². The number of hydrogen-bond acceptors (Lipinski definition) is 1. The van der Waals surface area contributed by atoms with Crippen LogP contribution >= 0.6 is 27.5 Å². The first-order chi connectivity index (χ1) is 9.50. The van der Waals surface area contributed by atoms with E-state index in [2.05, 4.69) is 20.9 Å². The molecule has 114 valence electrons. The van der Waals surface area contributed by atoms with Crippen LogP contribution in [0.25, 0.3) is 11.4 Å². The molecule has 0 atom stereocenters. The molecular weight excluding hydrogens is 389 g/mol. The highest BCUT2D eigenvalue weighted by molar-refractivity contribution is 9.10. The summed E-state index contributed by atoms with van der Waals surface area (Å²) in [6.45, 7) is 0. The van der Waals surface area contributed by atoms with E-state index < -0.39 is 28.2 Å². The largest absolute Gasteiger partial charge is 0.433 e. The molecule has 0 bridgehead atoms. The summed E-state index contributed by atoms with van der Waals surface area (Å²) >= 11 is 8.32. The lowest BCUT2D eigenvalue weighted by molar-refractivity contribution is -0.141. The highest BCUT2D eigenvalue weighted by Crippen LogP contribution is 2.38. The molecule has 0 aliphatic carbocycles. The van der Waals surface area contributed by atoms with E-state index in [4.69, 9.17) is 11.6 Å². The second kappa shape index (κ2) is 5.20. The number of H-pyrrole nitrogens is 1. The van der Waals surface area contributed by atoms with E-state index in [-0.39, 0.29) is 16.4 Å². The Labute approximate surface area is 127 Å². The van der Waals surface area contributed by atoms with Gasteiger partial charge in [0.15, 0.2) is 5.69 Å².